The molecule has 17 heavy (non-hydrogen) atoms. The van der Waals surface area contributed by atoms with Crippen molar-refractivity contribution in [2.75, 3.05) is 5.32 Å². The zero-order valence-electron chi connectivity index (χ0n) is 10.5. The Labute approximate surface area is 107 Å². The van der Waals surface area contributed by atoms with Crippen LogP contribution in [0, 0.1) is 0 Å². The van der Waals surface area contributed by atoms with E-state index in [0.29, 0.717) is 0 Å². The van der Waals surface area contributed by atoms with Crippen molar-refractivity contribution < 1.29 is 0 Å². The van der Waals surface area contributed by atoms with Gasteiger partial charge in [-0.15, -0.1) is 11.3 Å². The molecule has 0 fully saturated rings. The molecule has 0 unspecified atom stereocenters. The van der Waals surface area contributed by atoms with Crippen LogP contribution in [0.2, 0.25) is 0 Å². The standard InChI is InChI=1S/C14H18N2S/c1-14(2,3)16-13-15-12(10-17-13)9-11-7-5-4-6-8-11/h4-8,10H,9H2,1-3H3,(H,15,16). The highest BCUT2D eigenvalue weighted by Crippen LogP contribution is 2.21. The maximum atomic E-state index is 4.60. The van der Waals surface area contributed by atoms with Crippen molar-refractivity contribution in [3.63, 3.8) is 0 Å². The van der Waals surface area contributed by atoms with E-state index in [4.69, 9.17) is 0 Å². The summed E-state index contributed by atoms with van der Waals surface area (Å²) in [6.07, 6.45) is 0.906. The number of thiazole rings is 1. The average molecular weight is 246 g/mol. The Morgan fingerprint density at radius 2 is 1.88 bits per heavy atom. The van der Waals surface area contributed by atoms with E-state index >= 15 is 0 Å². The van der Waals surface area contributed by atoms with Gasteiger partial charge >= 0.3 is 0 Å². The summed E-state index contributed by atoms with van der Waals surface area (Å²) in [5.41, 5.74) is 2.51. The molecule has 1 N–H and O–H groups in total. The van der Waals surface area contributed by atoms with Gasteiger partial charge in [0.25, 0.3) is 0 Å². The fourth-order valence-electron chi connectivity index (χ4n) is 1.57. The fraction of sp³-hybridized carbons (Fsp3) is 0.357. The summed E-state index contributed by atoms with van der Waals surface area (Å²) in [5.74, 6) is 0. The maximum absolute atomic E-state index is 4.60. The molecule has 0 atom stereocenters. The van der Waals surface area contributed by atoms with Crippen molar-refractivity contribution in [1.29, 1.82) is 0 Å². The predicted molar refractivity (Wildman–Crippen MR) is 74.7 cm³/mol. The van der Waals surface area contributed by atoms with Gasteiger partial charge in [0.1, 0.15) is 0 Å². The molecule has 0 aliphatic carbocycles. The molecule has 1 aromatic heterocycles. The van der Waals surface area contributed by atoms with Crippen LogP contribution in [0.25, 0.3) is 0 Å². The first-order chi connectivity index (χ1) is 8.03. The van der Waals surface area contributed by atoms with Crippen molar-refractivity contribution in [3.8, 4) is 0 Å². The summed E-state index contributed by atoms with van der Waals surface area (Å²) in [6.45, 7) is 6.43. The quantitative estimate of drug-likeness (QED) is 0.887. The second kappa shape index (κ2) is 4.88. The molecule has 0 spiro atoms. The number of hydrogen-bond acceptors (Lipinski definition) is 3. The number of benzene rings is 1. The van der Waals surface area contributed by atoms with Gasteiger partial charge in [0.15, 0.2) is 5.13 Å². The highest BCUT2D eigenvalue weighted by molar-refractivity contribution is 7.13. The van der Waals surface area contributed by atoms with Crippen LogP contribution < -0.4 is 5.32 Å². The third-order valence-electron chi connectivity index (χ3n) is 2.26. The van der Waals surface area contributed by atoms with Gasteiger partial charge in [-0.2, -0.15) is 0 Å². The number of hydrogen-bond donors (Lipinski definition) is 1. The molecule has 0 amide bonds. The molecular formula is C14H18N2S. The first-order valence-corrected chi connectivity index (χ1v) is 6.67. The smallest absolute Gasteiger partial charge is 0.183 e. The summed E-state index contributed by atoms with van der Waals surface area (Å²) in [4.78, 5) is 4.60. The zero-order valence-corrected chi connectivity index (χ0v) is 11.3. The van der Waals surface area contributed by atoms with Crippen LogP contribution in [-0.2, 0) is 6.42 Å². The largest absolute Gasteiger partial charge is 0.357 e. The summed E-state index contributed by atoms with van der Waals surface area (Å²) in [5, 5.41) is 6.52. The highest BCUT2D eigenvalue weighted by atomic mass is 32.1. The Morgan fingerprint density at radius 3 is 2.53 bits per heavy atom. The molecule has 3 heteroatoms. The van der Waals surface area contributed by atoms with Gasteiger partial charge in [-0.25, -0.2) is 4.98 Å². The van der Waals surface area contributed by atoms with Crippen LogP contribution in [0.5, 0.6) is 0 Å². The molecule has 90 valence electrons. The van der Waals surface area contributed by atoms with Crippen LogP contribution in [0.15, 0.2) is 35.7 Å². The van der Waals surface area contributed by atoms with E-state index in [9.17, 15) is 0 Å². The van der Waals surface area contributed by atoms with Crippen molar-refractivity contribution >= 4 is 16.5 Å². The highest BCUT2D eigenvalue weighted by Gasteiger charge is 2.11. The molecule has 2 nitrogen and oxygen atoms in total. The Hall–Kier alpha value is -1.35. The second-order valence-corrected chi connectivity index (χ2v) is 6.04. The summed E-state index contributed by atoms with van der Waals surface area (Å²) < 4.78 is 0. The molecule has 0 saturated carbocycles. The number of nitrogens with one attached hydrogen (secondary N) is 1. The molecule has 0 aliphatic rings. The number of nitrogens with zero attached hydrogens (tertiary/aromatic N) is 1. The molecule has 2 aromatic rings. The summed E-state index contributed by atoms with van der Waals surface area (Å²) in [6, 6.07) is 10.4. The molecule has 0 bridgehead atoms. The molecular weight excluding hydrogens is 228 g/mol. The van der Waals surface area contributed by atoms with Crippen molar-refractivity contribution in [1.82, 2.24) is 4.98 Å². The average Bonchev–Trinajstić information content (AvgIpc) is 2.64. The molecule has 0 radical (unpaired) electrons. The Morgan fingerprint density at radius 1 is 1.18 bits per heavy atom. The Balaban J connectivity index is 2.04. The molecule has 1 heterocycles. The molecule has 1 aromatic carbocycles. The van der Waals surface area contributed by atoms with E-state index in [1.54, 1.807) is 11.3 Å². The number of aromatic nitrogens is 1. The van der Waals surface area contributed by atoms with Gasteiger partial charge in [-0.1, -0.05) is 30.3 Å². The molecule has 2 rings (SSSR count). The second-order valence-electron chi connectivity index (χ2n) is 5.18. The van der Waals surface area contributed by atoms with Crippen LogP contribution >= 0.6 is 11.3 Å². The fourth-order valence-corrected chi connectivity index (χ4v) is 2.49. The molecule has 0 aliphatic heterocycles. The normalized spacial score (nSPS) is 11.5. The lowest BCUT2D eigenvalue weighted by Crippen LogP contribution is -2.25. The third-order valence-corrected chi connectivity index (χ3v) is 3.07. The topological polar surface area (TPSA) is 24.9 Å². The van der Waals surface area contributed by atoms with Crippen molar-refractivity contribution in [2.24, 2.45) is 0 Å². The van der Waals surface area contributed by atoms with Crippen LogP contribution in [0.1, 0.15) is 32.0 Å². The van der Waals surface area contributed by atoms with E-state index in [1.165, 1.54) is 5.56 Å². The van der Waals surface area contributed by atoms with Crippen LogP contribution in [0.4, 0.5) is 5.13 Å². The minimum Gasteiger partial charge on any atom is -0.357 e. The van der Waals surface area contributed by atoms with Gasteiger partial charge in [0.2, 0.25) is 0 Å². The van der Waals surface area contributed by atoms with Crippen molar-refractivity contribution in [3.05, 3.63) is 47.0 Å². The van der Waals surface area contributed by atoms with Crippen LogP contribution in [-0.4, -0.2) is 10.5 Å². The van der Waals surface area contributed by atoms with Crippen LogP contribution in [0.3, 0.4) is 0 Å². The summed E-state index contributed by atoms with van der Waals surface area (Å²) >= 11 is 1.67. The van der Waals surface area contributed by atoms with E-state index < -0.39 is 0 Å². The maximum Gasteiger partial charge on any atom is 0.183 e. The van der Waals surface area contributed by atoms with E-state index in [2.05, 4.69) is 60.7 Å². The Kier molecular flexibility index (Phi) is 3.48. The lowest BCUT2D eigenvalue weighted by atomic mass is 10.1. The van der Waals surface area contributed by atoms with Gasteiger partial charge < -0.3 is 5.32 Å². The van der Waals surface area contributed by atoms with Gasteiger partial charge in [-0.3, -0.25) is 0 Å². The first-order valence-electron chi connectivity index (χ1n) is 5.79. The lowest BCUT2D eigenvalue weighted by Gasteiger charge is -2.19. The SMILES string of the molecule is CC(C)(C)Nc1nc(Cc2ccccc2)cs1. The van der Waals surface area contributed by atoms with Gasteiger partial charge in [0.05, 0.1) is 5.69 Å². The van der Waals surface area contributed by atoms with Gasteiger partial charge in [0, 0.05) is 17.3 Å². The third kappa shape index (κ3) is 3.86. The number of rotatable bonds is 3. The number of anilines is 1. The molecule has 0 saturated heterocycles. The predicted octanol–water partition coefficient (Wildman–Crippen LogP) is 3.94. The van der Waals surface area contributed by atoms with E-state index in [-0.39, 0.29) is 5.54 Å². The van der Waals surface area contributed by atoms with Gasteiger partial charge in [-0.05, 0) is 26.3 Å². The van der Waals surface area contributed by atoms with Crippen molar-refractivity contribution in [2.45, 2.75) is 32.7 Å². The van der Waals surface area contributed by atoms with E-state index in [0.717, 1.165) is 17.2 Å². The monoisotopic (exact) mass is 246 g/mol. The summed E-state index contributed by atoms with van der Waals surface area (Å²) in [7, 11) is 0. The first kappa shape index (κ1) is 12.1. The minimum absolute atomic E-state index is 0.0713. The van der Waals surface area contributed by atoms with E-state index in [1.807, 2.05) is 6.07 Å². The Bertz CT molecular complexity index is 468. The zero-order chi connectivity index (χ0) is 12.3. The minimum atomic E-state index is 0.0713. The lowest BCUT2D eigenvalue weighted by molar-refractivity contribution is 0.633.